The van der Waals surface area contributed by atoms with E-state index in [1.165, 1.54) is 0 Å². The molecule has 2 fully saturated rings. The second kappa shape index (κ2) is 3.48. The van der Waals surface area contributed by atoms with Gasteiger partial charge in [0, 0.05) is 13.1 Å². The van der Waals surface area contributed by atoms with Gasteiger partial charge in [-0.15, -0.1) is 0 Å². The Morgan fingerprint density at radius 3 is 2.47 bits per heavy atom. The maximum atomic E-state index is 11.9. The summed E-state index contributed by atoms with van der Waals surface area (Å²) in [4.78, 5) is 24.3. The van der Waals surface area contributed by atoms with Crippen molar-refractivity contribution < 1.29 is 14.7 Å². The van der Waals surface area contributed by atoms with Crippen LogP contribution >= 0.6 is 0 Å². The molecule has 1 aliphatic carbocycles. The number of nitrogens with zero attached hydrogens (tertiary/aromatic N) is 1. The summed E-state index contributed by atoms with van der Waals surface area (Å²) in [6.07, 6.45) is 3.02. The van der Waals surface area contributed by atoms with Gasteiger partial charge in [-0.25, -0.2) is 0 Å². The molecule has 5 heteroatoms. The zero-order chi connectivity index (χ0) is 11.1. The predicted molar refractivity (Wildman–Crippen MR) is 53.1 cm³/mol. The van der Waals surface area contributed by atoms with Gasteiger partial charge in [-0.2, -0.15) is 0 Å². The highest BCUT2D eigenvalue weighted by molar-refractivity contribution is 5.88. The Hall–Kier alpha value is -1.10. The molecular weight excluding hydrogens is 196 g/mol. The smallest absolute Gasteiger partial charge is 0.308 e. The minimum absolute atomic E-state index is 0.0579. The molecule has 0 aromatic carbocycles. The third kappa shape index (κ3) is 1.71. The Bertz CT molecular complexity index is 299. The standard InChI is InChI=1S/C10H16N2O3/c11-10(3-1-4-10)9(15)12-5-2-7(6-12)8(13)14/h7H,1-6,11H2,(H,13,14). The lowest BCUT2D eigenvalue weighted by Gasteiger charge is -2.39. The molecule has 15 heavy (non-hydrogen) atoms. The number of hydrogen-bond donors (Lipinski definition) is 2. The minimum atomic E-state index is -0.815. The van der Waals surface area contributed by atoms with Crippen molar-refractivity contribution in [2.45, 2.75) is 31.2 Å². The number of likely N-dealkylation sites (tertiary alicyclic amines) is 1. The number of carboxylic acids is 1. The van der Waals surface area contributed by atoms with Crippen LogP contribution in [0.5, 0.6) is 0 Å². The Kier molecular flexibility index (Phi) is 2.42. The number of carbonyl (C=O) groups is 2. The number of carboxylic acid groups (broad SMARTS) is 1. The third-order valence-electron chi connectivity index (χ3n) is 3.50. The van der Waals surface area contributed by atoms with Crippen molar-refractivity contribution in [3.8, 4) is 0 Å². The molecule has 84 valence electrons. The van der Waals surface area contributed by atoms with E-state index >= 15 is 0 Å². The second-order valence-corrected chi connectivity index (χ2v) is 4.58. The molecule has 2 rings (SSSR count). The van der Waals surface area contributed by atoms with Gasteiger partial charge in [0.25, 0.3) is 0 Å². The molecule has 1 aliphatic heterocycles. The molecule has 0 spiro atoms. The van der Waals surface area contributed by atoms with E-state index in [2.05, 4.69) is 0 Å². The molecule has 1 unspecified atom stereocenters. The van der Waals surface area contributed by atoms with Gasteiger partial charge in [0.2, 0.25) is 5.91 Å². The van der Waals surface area contributed by atoms with Gasteiger partial charge in [-0.3, -0.25) is 9.59 Å². The second-order valence-electron chi connectivity index (χ2n) is 4.58. The van der Waals surface area contributed by atoms with E-state index in [1.807, 2.05) is 0 Å². The van der Waals surface area contributed by atoms with Crippen LogP contribution in [0.1, 0.15) is 25.7 Å². The van der Waals surface area contributed by atoms with Crippen molar-refractivity contribution in [3.05, 3.63) is 0 Å². The number of rotatable bonds is 2. The fourth-order valence-electron chi connectivity index (χ4n) is 2.23. The number of hydrogen-bond acceptors (Lipinski definition) is 3. The fraction of sp³-hybridized carbons (Fsp3) is 0.800. The van der Waals surface area contributed by atoms with Crippen LogP contribution in [0.25, 0.3) is 0 Å². The normalized spacial score (nSPS) is 28.6. The van der Waals surface area contributed by atoms with Crippen LogP contribution in [-0.2, 0) is 9.59 Å². The van der Waals surface area contributed by atoms with Crippen molar-refractivity contribution in [2.75, 3.05) is 13.1 Å². The molecule has 0 aromatic heterocycles. The van der Waals surface area contributed by atoms with E-state index in [0.717, 1.165) is 19.3 Å². The van der Waals surface area contributed by atoms with Gasteiger partial charge < -0.3 is 15.7 Å². The molecule has 0 bridgehead atoms. The monoisotopic (exact) mass is 212 g/mol. The number of aliphatic carboxylic acids is 1. The van der Waals surface area contributed by atoms with Crippen LogP contribution in [0.3, 0.4) is 0 Å². The summed E-state index contributed by atoms with van der Waals surface area (Å²) in [5, 5.41) is 8.82. The van der Waals surface area contributed by atoms with Gasteiger partial charge >= 0.3 is 5.97 Å². The first-order valence-corrected chi connectivity index (χ1v) is 5.34. The highest BCUT2D eigenvalue weighted by Crippen LogP contribution is 2.32. The third-order valence-corrected chi connectivity index (χ3v) is 3.50. The zero-order valence-corrected chi connectivity index (χ0v) is 8.61. The van der Waals surface area contributed by atoms with Crippen LogP contribution in [0.2, 0.25) is 0 Å². The number of nitrogens with two attached hydrogens (primary N) is 1. The van der Waals surface area contributed by atoms with E-state index in [-0.39, 0.29) is 5.91 Å². The molecule has 5 nitrogen and oxygen atoms in total. The summed E-state index contributed by atoms with van der Waals surface area (Å²) < 4.78 is 0. The van der Waals surface area contributed by atoms with Crippen LogP contribution in [0.15, 0.2) is 0 Å². The van der Waals surface area contributed by atoms with Crippen molar-refractivity contribution >= 4 is 11.9 Å². The zero-order valence-electron chi connectivity index (χ0n) is 8.61. The molecule has 1 heterocycles. The minimum Gasteiger partial charge on any atom is -0.481 e. The first-order chi connectivity index (χ1) is 7.03. The highest BCUT2D eigenvalue weighted by Gasteiger charge is 2.44. The van der Waals surface area contributed by atoms with Crippen LogP contribution in [-0.4, -0.2) is 40.5 Å². The molecule has 0 radical (unpaired) electrons. The maximum absolute atomic E-state index is 11.9. The van der Waals surface area contributed by atoms with Crippen LogP contribution in [0, 0.1) is 5.92 Å². The van der Waals surface area contributed by atoms with Gasteiger partial charge in [-0.1, -0.05) is 0 Å². The van der Waals surface area contributed by atoms with Crippen LogP contribution < -0.4 is 5.73 Å². The van der Waals surface area contributed by atoms with Crippen molar-refractivity contribution in [1.82, 2.24) is 4.90 Å². The van der Waals surface area contributed by atoms with Gasteiger partial charge in [-0.05, 0) is 25.7 Å². The molecule has 1 atom stereocenters. The molecule has 1 saturated carbocycles. The maximum Gasteiger partial charge on any atom is 0.308 e. The fourth-order valence-corrected chi connectivity index (χ4v) is 2.23. The van der Waals surface area contributed by atoms with Gasteiger partial charge in [0.05, 0.1) is 11.5 Å². The topological polar surface area (TPSA) is 83.6 Å². The predicted octanol–water partition coefficient (Wildman–Crippen LogP) is -0.199. The van der Waals surface area contributed by atoms with Crippen molar-refractivity contribution in [3.63, 3.8) is 0 Å². The lowest BCUT2D eigenvalue weighted by molar-refractivity contribution is -0.142. The SMILES string of the molecule is NC1(C(=O)N2CCC(C(=O)O)C2)CCC1. The van der Waals surface area contributed by atoms with Crippen molar-refractivity contribution in [1.29, 1.82) is 0 Å². The Morgan fingerprint density at radius 2 is 2.07 bits per heavy atom. The summed E-state index contributed by atoms with van der Waals surface area (Å²) in [6, 6.07) is 0. The number of amides is 1. The lowest BCUT2D eigenvalue weighted by atomic mass is 9.76. The largest absolute Gasteiger partial charge is 0.481 e. The summed E-state index contributed by atoms with van der Waals surface area (Å²) in [5.41, 5.74) is 5.22. The highest BCUT2D eigenvalue weighted by atomic mass is 16.4. The molecular formula is C10H16N2O3. The van der Waals surface area contributed by atoms with E-state index in [9.17, 15) is 9.59 Å². The molecule has 3 N–H and O–H groups in total. The average molecular weight is 212 g/mol. The Labute approximate surface area is 88.2 Å². The van der Waals surface area contributed by atoms with Gasteiger partial charge in [0.15, 0.2) is 0 Å². The molecule has 0 aromatic rings. The quantitative estimate of drug-likeness (QED) is 0.664. The molecule has 2 aliphatic rings. The van der Waals surface area contributed by atoms with Crippen molar-refractivity contribution in [2.24, 2.45) is 11.7 Å². The van der Waals surface area contributed by atoms with E-state index in [4.69, 9.17) is 10.8 Å². The Balaban J connectivity index is 1.96. The first kappa shape index (κ1) is 10.4. The van der Waals surface area contributed by atoms with Crippen LogP contribution in [0.4, 0.5) is 0 Å². The van der Waals surface area contributed by atoms with E-state index in [1.54, 1.807) is 4.90 Å². The van der Waals surface area contributed by atoms with E-state index in [0.29, 0.717) is 19.5 Å². The molecule has 1 saturated heterocycles. The van der Waals surface area contributed by atoms with Gasteiger partial charge in [0.1, 0.15) is 0 Å². The lowest BCUT2D eigenvalue weighted by Crippen LogP contribution is -2.59. The summed E-state index contributed by atoms with van der Waals surface area (Å²) in [6.45, 7) is 0.863. The Morgan fingerprint density at radius 1 is 1.40 bits per heavy atom. The summed E-state index contributed by atoms with van der Waals surface area (Å²) in [5.74, 6) is -1.28. The van der Waals surface area contributed by atoms with E-state index < -0.39 is 17.4 Å². The first-order valence-electron chi connectivity index (χ1n) is 5.34. The summed E-state index contributed by atoms with van der Waals surface area (Å²) in [7, 11) is 0. The average Bonchev–Trinajstić information content (AvgIpc) is 2.61. The molecule has 1 amide bonds. The summed E-state index contributed by atoms with van der Waals surface area (Å²) >= 11 is 0. The number of carbonyl (C=O) groups excluding carboxylic acids is 1.